The lowest BCUT2D eigenvalue weighted by Gasteiger charge is -2.34. The first kappa shape index (κ1) is 14.4. The molecule has 0 saturated heterocycles. The van der Waals surface area contributed by atoms with Crippen molar-refractivity contribution in [3.05, 3.63) is 42.4 Å². The number of aryl methyl sites for hydroxylation is 1. The van der Waals surface area contributed by atoms with E-state index in [9.17, 15) is 0 Å². The molecule has 2 aromatic rings. The Bertz CT molecular complexity index is 546. The summed E-state index contributed by atoms with van der Waals surface area (Å²) in [5.41, 5.74) is 0. The fraction of sp³-hybridized carbons (Fsp3) is 0.588. The van der Waals surface area contributed by atoms with Crippen LogP contribution in [0.4, 0.5) is 0 Å². The maximum absolute atomic E-state index is 5.67. The molecule has 0 radical (unpaired) electrons. The zero-order valence-electron chi connectivity index (χ0n) is 13.0. The third kappa shape index (κ3) is 3.05. The first-order chi connectivity index (χ1) is 10.3. The molecule has 0 aliphatic heterocycles. The minimum atomic E-state index is 0.0390. The molecule has 2 heterocycles. The first-order valence-electron chi connectivity index (χ1n) is 8.06. The third-order valence-electron chi connectivity index (χ3n) is 4.76. The first-order valence-corrected chi connectivity index (χ1v) is 8.06. The summed E-state index contributed by atoms with van der Waals surface area (Å²) in [7, 11) is 2.04. The van der Waals surface area contributed by atoms with Crippen LogP contribution in [0.3, 0.4) is 0 Å². The van der Waals surface area contributed by atoms with Gasteiger partial charge >= 0.3 is 0 Å². The molecule has 1 N–H and O–H groups in total. The predicted molar refractivity (Wildman–Crippen MR) is 82.9 cm³/mol. The topological polar surface area (TPSA) is 43.0 Å². The fourth-order valence-corrected chi connectivity index (χ4v) is 3.52. The minimum Gasteiger partial charge on any atom is -0.467 e. The number of hydrogen-bond donors (Lipinski definition) is 1. The van der Waals surface area contributed by atoms with Gasteiger partial charge in [0.25, 0.3) is 0 Å². The highest BCUT2D eigenvalue weighted by molar-refractivity contribution is 5.16. The summed E-state index contributed by atoms with van der Waals surface area (Å²) in [6.07, 6.45) is 12.1. The highest BCUT2D eigenvalue weighted by Crippen LogP contribution is 2.30. The molecule has 4 nitrogen and oxygen atoms in total. The molecule has 1 saturated carbocycles. The van der Waals surface area contributed by atoms with Gasteiger partial charge in [-0.3, -0.25) is 5.32 Å². The van der Waals surface area contributed by atoms with Crippen LogP contribution >= 0.6 is 0 Å². The molecule has 0 aromatic carbocycles. The number of nitrogens with zero attached hydrogens (tertiary/aromatic N) is 2. The van der Waals surface area contributed by atoms with Gasteiger partial charge in [0.05, 0.1) is 6.26 Å². The van der Waals surface area contributed by atoms with Crippen LogP contribution in [0, 0.1) is 5.92 Å². The average Bonchev–Trinajstić information content (AvgIpc) is 3.17. The second-order valence-corrected chi connectivity index (χ2v) is 6.07. The molecular formula is C17H25N3O. The van der Waals surface area contributed by atoms with Crippen LogP contribution in [0.15, 0.2) is 35.2 Å². The maximum atomic E-state index is 5.67. The summed E-state index contributed by atoms with van der Waals surface area (Å²) in [4.78, 5) is 4.53. The predicted octanol–water partition coefficient (Wildman–Crippen LogP) is 3.66. The lowest BCUT2D eigenvalue weighted by molar-refractivity contribution is 0.234. The van der Waals surface area contributed by atoms with Gasteiger partial charge in [0, 0.05) is 25.5 Å². The van der Waals surface area contributed by atoms with Crippen molar-refractivity contribution in [3.8, 4) is 0 Å². The number of nitrogens with one attached hydrogen (secondary N) is 1. The molecule has 4 heteroatoms. The zero-order chi connectivity index (χ0) is 14.7. The Labute approximate surface area is 126 Å². The Morgan fingerprint density at radius 2 is 2.29 bits per heavy atom. The number of aromatic nitrogens is 2. The average molecular weight is 287 g/mol. The molecule has 0 spiro atoms. The second-order valence-electron chi connectivity index (χ2n) is 6.07. The Morgan fingerprint density at radius 1 is 1.43 bits per heavy atom. The second kappa shape index (κ2) is 6.48. The summed E-state index contributed by atoms with van der Waals surface area (Å²) < 4.78 is 7.74. The van der Waals surface area contributed by atoms with Crippen LogP contribution in [-0.4, -0.2) is 15.6 Å². The standard InChI is InChI=1S/C17H25N3O/c1-3-13-7-4-5-8-14(13)19-16(15-9-6-12-21-15)17-18-10-11-20(17)2/h6,9-14,16,19H,3-5,7-8H2,1-2H3. The zero-order valence-corrected chi connectivity index (χ0v) is 13.0. The molecule has 2 aromatic heterocycles. The molecule has 1 fully saturated rings. The van der Waals surface area contributed by atoms with E-state index in [1.165, 1.54) is 32.1 Å². The van der Waals surface area contributed by atoms with Gasteiger partial charge < -0.3 is 8.98 Å². The molecule has 1 aliphatic carbocycles. The van der Waals surface area contributed by atoms with Crippen LogP contribution in [0.5, 0.6) is 0 Å². The van der Waals surface area contributed by atoms with E-state index in [0.29, 0.717) is 6.04 Å². The molecule has 114 valence electrons. The normalized spacial score (nSPS) is 24.1. The monoisotopic (exact) mass is 287 g/mol. The number of hydrogen-bond acceptors (Lipinski definition) is 3. The van der Waals surface area contributed by atoms with Crippen LogP contribution < -0.4 is 5.32 Å². The van der Waals surface area contributed by atoms with Gasteiger partial charge in [-0.1, -0.05) is 26.2 Å². The summed E-state index contributed by atoms with van der Waals surface area (Å²) in [5.74, 6) is 2.73. The summed E-state index contributed by atoms with van der Waals surface area (Å²) >= 11 is 0. The number of imidazole rings is 1. The molecule has 0 bridgehead atoms. The highest BCUT2D eigenvalue weighted by atomic mass is 16.3. The van der Waals surface area contributed by atoms with Crippen molar-refractivity contribution in [2.45, 2.75) is 51.1 Å². The van der Waals surface area contributed by atoms with Gasteiger partial charge in [0.1, 0.15) is 17.6 Å². The largest absolute Gasteiger partial charge is 0.467 e. The molecule has 1 aliphatic rings. The van der Waals surface area contributed by atoms with Crippen LogP contribution in [0.25, 0.3) is 0 Å². The molecule has 21 heavy (non-hydrogen) atoms. The Kier molecular flexibility index (Phi) is 4.44. The van der Waals surface area contributed by atoms with E-state index >= 15 is 0 Å². The Morgan fingerprint density at radius 3 is 2.95 bits per heavy atom. The van der Waals surface area contributed by atoms with Gasteiger partial charge in [-0.05, 0) is 30.9 Å². The van der Waals surface area contributed by atoms with E-state index in [4.69, 9.17) is 4.42 Å². The molecule has 0 amide bonds. The van der Waals surface area contributed by atoms with E-state index in [1.807, 2.05) is 31.6 Å². The molecule has 3 atom stereocenters. The number of rotatable bonds is 5. The van der Waals surface area contributed by atoms with Crippen molar-refractivity contribution < 1.29 is 4.42 Å². The Hall–Kier alpha value is -1.55. The number of furan rings is 1. The van der Waals surface area contributed by atoms with Crippen LogP contribution in [-0.2, 0) is 7.05 Å². The van der Waals surface area contributed by atoms with Crippen LogP contribution in [0.2, 0.25) is 0 Å². The van der Waals surface area contributed by atoms with E-state index in [0.717, 1.165) is 17.5 Å². The highest BCUT2D eigenvalue weighted by Gasteiger charge is 2.29. The van der Waals surface area contributed by atoms with E-state index in [2.05, 4.69) is 21.8 Å². The lowest BCUT2D eigenvalue weighted by atomic mass is 9.82. The third-order valence-corrected chi connectivity index (χ3v) is 4.76. The van der Waals surface area contributed by atoms with E-state index in [1.54, 1.807) is 6.26 Å². The van der Waals surface area contributed by atoms with Gasteiger partial charge in [-0.15, -0.1) is 0 Å². The summed E-state index contributed by atoms with van der Waals surface area (Å²) in [5, 5.41) is 3.83. The quantitative estimate of drug-likeness (QED) is 0.912. The maximum Gasteiger partial charge on any atom is 0.133 e. The van der Waals surface area contributed by atoms with Crippen LogP contribution in [0.1, 0.15) is 56.7 Å². The van der Waals surface area contributed by atoms with Crippen molar-refractivity contribution in [2.24, 2.45) is 13.0 Å². The van der Waals surface area contributed by atoms with Gasteiger partial charge in [-0.25, -0.2) is 4.98 Å². The summed E-state index contributed by atoms with van der Waals surface area (Å²) in [6, 6.07) is 4.58. The smallest absolute Gasteiger partial charge is 0.133 e. The minimum absolute atomic E-state index is 0.0390. The molecule has 3 rings (SSSR count). The van der Waals surface area contributed by atoms with E-state index in [-0.39, 0.29) is 6.04 Å². The van der Waals surface area contributed by atoms with E-state index < -0.39 is 0 Å². The van der Waals surface area contributed by atoms with Gasteiger partial charge in [0.2, 0.25) is 0 Å². The molecular weight excluding hydrogens is 262 g/mol. The molecule has 3 unspecified atom stereocenters. The summed E-state index contributed by atoms with van der Waals surface area (Å²) in [6.45, 7) is 2.30. The fourth-order valence-electron chi connectivity index (χ4n) is 3.52. The Balaban J connectivity index is 1.84. The SMILES string of the molecule is CCC1CCCCC1NC(c1ccco1)c1nccn1C. The van der Waals surface area contributed by atoms with Crippen molar-refractivity contribution >= 4 is 0 Å². The van der Waals surface area contributed by atoms with Crippen molar-refractivity contribution in [2.75, 3.05) is 0 Å². The van der Waals surface area contributed by atoms with Crippen molar-refractivity contribution in [3.63, 3.8) is 0 Å². The van der Waals surface area contributed by atoms with Gasteiger partial charge in [-0.2, -0.15) is 0 Å². The van der Waals surface area contributed by atoms with Gasteiger partial charge in [0.15, 0.2) is 0 Å². The van der Waals surface area contributed by atoms with Crippen molar-refractivity contribution in [1.82, 2.24) is 14.9 Å². The lowest BCUT2D eigenvalue weighted by Crippen LogP contribution is -2.41. The van der Waals surface area contributed by atoms with Crippen molar-refractivity contribution in [1.29, 1.82) is 0 Å².